The third-order valence-electron chi connectivity index (χ3n) is 3.73. The second kappa shape index (κ2) is 6.81. The van der Waals surface area contributed by atoms with Crippen molar-refractivity contribution in [2.24, 2.45) is 0 Å². The highest BCUT2D eigenvalue weighted by molar-refractivity contribution is 7.07. The average Bonchev–Trinajstić information content (AvgIpc) is 3.23. The van der Waals surface area contributed by atoms with E-state index in [0.717, 1.165) is 11.3 Å². The Balaban J connectivity index is 1.51. The van der Waals surface area contributed by atoms with Crippen molar-refractivity contribution in [2.45, 2.75) is 13.0 Å². The van der Waals surface area contributed by atoms with Crippen LogP contribution in [-0.4, -0.2) is 36.5 Å². The van der Waals surface area contributed by atoms with E-state index in [1.54, 1.807) is 4.68 Å². The standard InChI is InChI=1S/C16H15N7OS/c24-16-20-12(9-25-16)6-7-17-14-13-15(19-10-18-14)23(22-21-13)8-11-4-2-1-3-5-11/h1-5,9-10H,6-8H2,(H,20,24)(H,17,18,19). The second-order valence-corrected chi connectivity index (χ2v) is 6.32. The van der Waals surface area contributed by atoms with Gasteiger partial charge in [-0.05, 0) is 5.56 Å². The molecule has 0 spiro atoms. The summed E-state index contributed by atoms with van der Waals surface area (Å²) < 4.78 is 1.76. The number of nitrogens with zero attached hydrogens (tertiary/aromatic N) is 5. The lowest BCUT2D eigenvalue weighted by atomic mass is 10.2. The highest BCUT2D eigenvalue weighted by Crippen LogP contribution is 2.17. The van der Waals surface area contributed by atoms with Crippen LogP contribution in [0, 0.1) is 0 Å². The van der Waals surface area contributed by atoms with Gasteiger partial charge >= 0.3 is 4.87 Å². The predicted octanol–water partition coefficient (Wildman–Crippen LogP) is 1.67. The largest absolute Gasteiger partial charge is 0.368 e. The van der Waals surface area contributed by atoms with Crippen LogP contribution in [0.2, 0.25) is 0 Å². The van der Waals surface area contributed by atoms with Gasteiger partial charge in [0.25, 0.3) is 0 Å². The molecule has 0 aliphatic carbocycles. The first-order valence-corrected chi connectivity index (χ1v) is 8.66. The molecule has 8 nitrogen and oxygen atoms in total. The second-order valence-electron chi connectivity index (χ2n) is 5.48. The summed E-state index contributed by atoms with van der Waals surface area (Å²) in [7, 11) is 0. The molecule has 3 heterocycles. The zero-order chi connectivity index (χ0) is 17.1. The van der Waals surface area contributed by atoms with Gasteiger partial charge in [-0.15, -0.1) is 5.10 Å². The number of hydrogen-bond acceptors (Lipinski definition) is 7. The van der Waals surface area contributed by atoms with Crippen LogP contribution in [-0.2, 0) is 13.0 Å². The van der Waals surface area contributed by atoms with Gasteiger partial charge in [0.15, 0.2) is 17.0 Å². The van der Waals surface area contributed by atoms with Crippen LogP contribution in [0.5, 0.6) is 0 Å². The molecule has 126 valence electrons. The Morgan fingerprint density at radius 3 is 2.88 bits per heavy atom. The molecule has 0 fully saturated rings. The molecule has 0 bridgehead atoms. The first-order chi connectivity index (χ1) is 12.3. The predicted molar refractivity (Wildman–Crippen MR) is 95.8 cm³/mol. The number of aromatic nitrogens is 6. The molecule has 0 unspecified atom stereocenters. The Morgan fingerprint density at radius 2 is 2.08 bits per heavy atom. The molecule has 0 saturated carbocycles. The number of rotatable bonds is 6. The molecule has 2 N–H and O–H groups in total. The SMILES string of the molecule is O=c1[nH]c(CCNc2ncnc3c2nnn3Cc2ccccc2)cs1. The Kier molecular flexibility index (Phi) is 4.21. The maximum Gasteiger partial charge on any atom is 0.304 e. The summed E-state index contributed by atoms with van der Waals surface area (Å²) in [6.45, 7) is 1.23. The third-order valence-corrected chi connectivity index (χ3v) is 4.45. The average molecular weight is 353 g/mol. The number of benzene rings is 1. The van der Waals surface area contributed by atoms with Crippen molar-refractivity contribution >= 4 is 28.3 Å². The molecule has 25 heavy (non-hydrogen) atoms. The van der Waals surface area contributed by atoms with Crippen LogP contribution >= 0.6 is 11.3 Å². The van der Waals surface area contributed by atoms with Crippen LogP contribution in [0.4, 0.5) is 5.82 Å². The molecule has 0 aliphatic heterocycles. The lowest BCUT2D eigenvalue weighted by Crippen LogP contribution is -2.08. The number of aromatic amines is 1. The number of H-pyrrole nitrogens is 1. The summed E-state index contributed by atoms with van der Waals surface area (Å²) >= 11 is 1.17. The van der Waals surface area contributed by atoms with Gasteiger partial charge in [0.2, 0.25) is 0 Å². The normalized spacial score (nSPS) is 11.0. The minimum atomic E-state index is -0.0386. The van der Waals surface area contributed by atoms with E-state index >= 15 is 0 Å². The van der Waals surface area contributed by atoms with E-state index in [-0.39, 0.29) is 4.87 Å². The third kappa shape index (κ3) is 3.41. The molecule has 4 aromatic rings. The topological polar surface area (TPSA) is 101 Å². The van der Waals surface area contributed by atoms with E-state index in [4.69, 9.17) is 0 Å². The number of fused-ring (bicyclic) bond motifs is 1. The number of nitrogens with one attached hydrogen (secondary N) is 2. The summed E-state index contributed by atoms with van der Waals surface area (Å²) in [6, 6.07) is 10.0. The zero-order valence-corrected chi connectivity index (χ0v) is 14.0. The summed E-state index contributed by atoms with van der Waals surface area (Å²) in [5.41, 5.74) is 3.35. The zero-order valence-electron chi connectivity index (χ0n) is 13.2. The Hall–Kier alpha value is -3.07. The number of thiazole rings is 1. The van der Waals surface area contributed by atoms with E-state index in [1.807, 2.05) is 35.7 Å². The van der Waals surface area contributed by atoms with Gasteiger partial charge < -0.3 is 10.3 Å². The summed E-state index contributed by atoms with van der Waals surface area (Å²) in [4.78, 5) is 22.5. The molecule has 0 atom stereocenters. The highest BCUT2D eigenvalue weighted by Gasteiger charge is 2.11. The van der Waals surface area contributed by atoms with E-state index < -0.39 is 0 Å². The molecular weight excluding hydrogens is 338 g/mol. The van der Waals surface area contributed by atoms with Gasteiger partial charge in [-0.2, -0.15) is 0 Å². The van der Waals surface area contributed by atoms with Crippen molar-refractivity contribution in [1.82, 2.24) is 29.9 Å². The fraction of sp³-hybridized carbons (Fsp3) is 0.188. The maximum atomic E-state index is 11.2. The van der Waals surface area contributed by atoms with E-state index in [9.17, 15) is 4.79 Å². The summed E-state index contributed by atoms with van der Waals surface area (Å²) in [5.74, 6) is 0.641. The van der Waals surface area contributed by atoms with Crippen LogP contribution < -0.4 is 10.2 Å². The quantitative estimate of drug-likeness (QED) is 0.547. The molecule has 9 heteroatoms. The van der Waals surface area contributed by atoms with Crippen molar-refractivity contribution in [2.75, 3.05) is 11.9 Å². The first-order valence-electron chi connectivity index (χ1n) is 7.78. The van der Waals surface area contributed by atoms with Gasteiger partial charge in [0, 0.05) is 24.0 Å². The first kappa shape index (κ1) is 15.5. The minimum Gasteiger partial charge on any atom is -0.368 e. The fourth-order valence-corrected chi connectivity index (χ4v) is 3.15. The Morgan fingerprint density at radius 1 is 1.20 bits per heavy atom. The van der Waals surface area contributed by atoms with Crippen LogP contribution in [0.15, 0.2) is 46.8 Å². The molecule has 0 amide bonds. The summed E-state index contributed by atoms with van der Waals surface area (Å²) in [5, 5.41) is 13.5. The van der Waals surface area contributed by atoms with Crippen molar-refractivity contribution < 1.29 is 0 Å². The smallest absolute Gasteiger partial charge is 0.304 e. The van der Waals surface area contributed by atoms with Crippen molar-refractivity contribution in [1.29, 1.82) is 0 Å². The maximum absolute atomic E-state index is 11.2. The lowest BCUT2D eigenvalue weighted by molar-refractivity contribution is 0.664. The number of anilines is 1. The van der Waals surface area contributed by atoms with Crippen LogP contribution in [0.1, 0.15) is 11.3 Å². The van der Waals surface area contributed by atoms with Crippen molar-refractivity contribution in [3.63, 3.8) is 0 Å². The molecule has 1 aromatic carbocycles. The molecule has 0 aliphatic rings. The Labute approximate surface area is 146 Å². The monoisotopic (exact) mass is 353 g/mol. The lowest BCUT2D eigenvalue weighted by Gasteiger charge is -2.05. The van der Waals surface area contributed by atoms with Crippen LogP contribution in [0.3, 0.4) is 0 Å². The molecular formula is C16H15N7OS. The minimum absolute atomic E-state index is 0.0386. The Bertz CT molecular complexity index is 1040. The van der Waals surface area contributed by atoms with Crippen molar-refractivity contribution in [3.8, 4) is 0 Å². The highest BCUT2D eigenvalue weighted by atomic mass is 32.1. The van der Waals surface area contributed by atoms with Gasteiger partial charge in [-0.1, -0.05) is 46.9 Å². The van der Waals surface area contributed by atoms with E-state index in [1.165, 1.54) is 17.7 Å². The number of hydrogen-bond donors (Lipinski definition) is 2. The molecule has 0 saturated heterocycles. The van der Waals surface area contributed by atoms with Gasteiger partial charge in [-0.3, -0.25) is 4.79 Å². The van der Waals surface area contributed by atoms with Gasteiger partial charge in [-0.25, -0.2) is 14.6 Å². The van der Waals surface area contributed by atoms with Gasteiger partial charge in [0.1, 0.15) is 6.33 Å². The van der Waals surface area contributed by atoms with E-state index in [2.05, 4.69) is 30.6 Å². The summed E-state index contributed by atoms with van der Waals surface area (Å²) in [6.07, 6.45) is 2.20. The van der Waals surface area contributed by atoms with Crippen LogP contribution in [0.25, 0.3) is 11.2 Å². The molecule has 0 radical (unpaired) electrons. The molecule has 4 rings (SSSR count). The fourth-order valence-electron chi connectivity index (χ4n) is 2.54. The van der Waals surface area contributed by atoms with E-state index in [0.29, 0.717) is 36.5 Å². The van der Waals surface area contributed by atoms with Gasteiger partial charge in [0.05, 0.1) is 6.54 Å². The van der Waals surface area contributed by atoms with Crippen molar-refractivity contribution in [3.05, 3.63) is 63.0 Å². The molecule has 3 aromatic heterocycles.